The number of nitrogens with one attached hydrogen (secondary N) is 1. The van der Waals surface area contributed by atoms with E-state index >= 15 is 0 Å². The van der Waals surface area contributed by atoms with Gasteiger partial charge < -0.3 is 14.8 Å². The van der Waals surface area contributed by atoms with Crippen LogP contribution in [0.2, 0.25) is 5.02 Å². The molecule has 6 heteroatoms. The van der Waals surface area contributed by atoms with E-state index in [0.29, 0.717) is 5.02 Å². The summed E-state index contributed by atoms with van der Waals surface area (Å²) in [6, 6.07) is 14.4. The predicted molar refractivity (Wildman–Crippen MR) is 96.3 cm³/mol. The molecule has 2 aromatic carbocycles. The lowest BCUT2D eigenvalue weighted by Gasteiger charge is -2.07. The Morgan fingerprint density at radius 3 is 2.52 bits per heavy atom. The Morgan fingerprint density at radius 1 is 1.12 bits per heavy atom. The van der Waals surface area contributed by atoms with E-state index in [9.17, 15) is 9.59 Å². The third-order valence-corrected chi connectivity index (χ3v) is 3.68. The van der Waals surface area contributed by atoms with Crippen LogP contribution in [0, 0.1) is 0 Å². The summed E-state index contributed by atoms with van der Waals surface area (Å²) in [5.74, 6) is -0.259. The van der Waals surface area contributed by atoms with E-state index in [0.717, 1.165) is 16.9 Å². The molecule has 0 radical (unpaired) electrons. The summed E-state index contributed by atoms with van der Waals surface area (Å²) in [7, 11) is 1.58. The molecular formula is C19H18ClNO4. The molecule has 0 spiro atoms. The van der Waals surface area contributed by atoms with Gasteiger partial charge in [-0.05, 0) is 35.4 Å². The van der Waals surface area contributed by atoms with Gasteiger partial charge in [0.2, 0.25) is 0 Å². The number of rotatable bonds is 7. The number of benzene rings is 2. The van der Waals surface area contributed by atoms with Crippen molar-refractivity contribution in [3.63, 3.8) is 0 Å². The van der Waals surface area contributed by atoms with Gasteiger partial charge in [0.25, 0.3) is 5.91 Å². The monoisotopic (exact) mass is 359 g/mol. The summed E-state index contributed by atoms with van der Waals surface area (Å²) < 4.78 is 9.95. The zero-order valence-electron chi connectivity index (χ0n) is 13.7. The SMILES string of the molecule is COc1ccc(/C=C/C(=O)OCC(=O)NCc2ccccc2Cl)cc1. The highest BCUT2D eigenvalue weighted by Gasteiger charge is 2.06. The maximum Gasteiger partial charge on any atom is 0.331 e. The minimum atomic E-state index is -0.594. The van der Waals surface area contributed by atoms with E-state index in [4.69, 9.17) is 21.1 Å². The lowest BCUT2D eigenvalue weighted by Crippen LogP contribution is -2.28. The van der Waals surface area contributed by atoms with Gasteiger partial charge in [0, 0.05) is 17.6 Å². The quantitative estimate of drug-likeness (QED) is 0.609. The van der Waals surface area contributed by atoms with Crippen molar-refractivity contribution in [3.8, 4) is 5.75 Å². The first-order valence-corrected chi connectivity index (χ1v) is 7.95. The van der Waals surface area contributed by atoms with E-state index in [-0.39, 0.29) is 13.2 Å². The van der Waals surface area contributed by atoms with E-state index in [1.54, 1.807) is 43.5 Å². The molecule has 1 amide bonds. The molecule has 0 saturated heterocycles. The second-order valence-electron chi connectivity index (χ2n) is 5.08. The Bertz CT molecular complexity index is 756. The van der Waals surface area contributed by atoms with Crippen molar-refractivity contribution in [2.75, 3.05) is 13.7 Å². The number of amides is 1. The maximum atomic E-state index is 11.7. The highest BCUT2D eigenvalue weighted by atomic mass is 35.5. The molecule has 130 valence electrons. The number of methoxy groups -OCH3 is 1. The number of esters is 1. The minimum Gasteiger partial charge on any atom is -0.497 e. The molecule has 0 aliphatic carbocycles. The van der Waals surface area contributed by atoms with Crippen LogP contribution in [-0.4, -0.2) is 25.6 Å². The predicted octanol–water partition coefficient (Wildman–Crippen LogP) is 3.22. The van der Waals surface area contributed by atoms with Crippen LogP contribution in [-0.2, 0) is 20.9 Å². The second kappa shape index (κ2) is 9.49. The van der Waals surface area contributed by atoms with E-state index in [1.807, 2.05) is 18.2 Å². The summed E-state index contributed by atoms with van der Waals surface area (Å²) >= 11 is 6.00. The van der Waals surface area contributed by atoms with Crippen molar-refractivity contribution in [2.24, 2.45) is 0 Å². The first-order valence-electron chi connectivity index (χ1n) is 7.57. The zero-order valence-corrected chi connectivity index (χ0v) is 14.5. The van der Waals surface area contributed by atoms with Crippen LogP contribution in [0.15, 0.2) is 54.6 Å². The van der Waals surface area contributed by atoms with Crippen molar-refractivity contribution in [3.05, 3.63) is 70.8 Å². The first kappa shape index (κ1) is 18.5. The average Bonchev–Trinajstić information content (AvgIpc) is 2.64. The van der Waals surface area contributed by atoms with Crippen LogP contribution in [0.5, 0.6) is 5.75 Å². The van der Waals surface area contributed by atoms with Gasteiger partial charge in [-0.3, -0.25) is 4.79 Å². The standard InChI is InChI=1S/C19H18ClNO4/c1-24-16-9-6-14(7-10-16)8-11-19(23)25-13-18(22)21-12-15-4-2-3-5-17(15)20/h2-11H,12-13H2,1H3,(H,21,22)/b11-8+. The lowest BCUT2D eigenvalue weighted by atomic mass is 10.2. The van der Waals surface area contributed by atoms with Crippen molar-refractivity contribution >= 4 is 29.6 Å². The Balaban J connectivity index is 1.74. The molecule has 0 fully saturated rings. The molecule has 2 rings (SSSR count). The van der Waals surface area contributed by atoms with Crippen molar-refractivity contribution in [1.29, 1.82) is 0 Å². The third-order valence-electron chi connectivity index (χ3n) is 3.31. The molecular weight excluding hydrogens is 342 g/mol. The van der Waals surface area contributed by atoms with Gasteiger partial charge in [0.05, 0.1) is 7.11 Å². The largest absolute Gasteiger partial charge is 0.497 e. The Labute approximate surface area is 151 Å². The van der Waals surface area contributed by atoms with Gasteiger partial charge in [-0.2, -0.15) is 0 Å². The number of hydrogen-bond acceptors (Lipinski definition) is 4. The van der Waals surface area contributed by atoms with Crippen LogP contribution in [0.25, 0.3) is 6.08 Å². The molecule has 0 aliphatic heterocycles. The van der Waals surface area contributed by atoms with Gasteiger partial charge in [0.1, 0.15) is 5.75 Å². The Hall–Kier alpha value is -2.79. The number of halogens is 1. The van der Waals surface area contributed by atoms with Gasteiger partial charge in [0.15, 0.2) is 6.61 Å². The summed E-state index contributed by atoms with van der Waals surface area (Å²) in [5.41, 5.74) is 1.61. The number of carbonyl (C=O) groups is 2. The number of carbonyl (C=O) groups excluding carboxylic acids is 2. The topological polar surface area (TPSA) is 64.6 Å². The summed E-state index contributed by atoms with van der Waals surface area (Å²) in [6.07, 6.45) is 2.87. The van der Waals surface area contributed by atoms with Gasteiger partial charge >= 0.3 is 5.97 Å². The fraction of sp³-hybridized carbons (Fsp3) is 0.158. The van der Waals surface area contributed by atoms with Crippen LogP contribution in [0.1, 0.15) is 11.1 Å². The van der Waals surface area contributed by atoms with Crippen LogP contribution in [0.3, 0.4) is 0 Å². The zero-order chi connectivity index (χ0) is 18.1. The molecule has 0 atom stereocenters. The van der Waals surface area contributed by atoms with Crippen LogP contribution < -0.4 is 10.1 Å². The van der Waals surface area contributed by atoms with E-state index in [2.05, 4.69) is 5.32 Å². The van der Waals surface area contributed by atoms with Gasteiger partial charge in [-0.1, -0.05) is 41.9 Å². The highest BCUT2D eigenvalue weighted by molar-refractivity contribution is 6.31. The fourth-order valence-electron chi connectivity index (χ4n) is 1.95. The molecule has 0 heterocycles. The van der Waals surface area contributed by atoms with Gasteiger partial charge in [-0.15, -0.1) is 0 Å². The molecule has 0 saturated carbocycles. The smallest absolute Gasteiger partial charge is 0.331 e. The summed E-state index contributed by atoms with van der Waals surface area (Å²) in [4.78, 5) is 23.3. The third kappa shape index (κ3) is 6.31. The highest BCUT2D eigenvalue weighted by Crippen LogP contribution is 2.14. The Morgan fingerprint density at radius 2 is 1.84 bits per heavy atom. The molecule has 0 aromatic heterocycles. The first-order chi connectivity index (χ1) is 12.1. The molecule has 25 heavy (non-hydrogen) atoms. The average molecular weight is 360 g/mol. The van der Waals surface area contributed by atoms with Crippen molar-refractivity contribution < 1.29 is 19.1 Å². The maximum absolute atomic E-state index is 11.7. The molecule has 0 aliphatic rings. The molecule has 5 nitrogen and oxygen atoms in total. The second-order valence-corrected chi connectivity index (χ2v) is 5.49. The van der Waals surface area contributed by atoms with Gasteiger partial charge in [-0.25, -0.2) is 4.79 Å². The molecule has 0 bridgehead atoms. The number of ether oxygens (including phenoxy) is 2. The number of hydrogen-bond donors (Lipinski definition) is 1. The van der Waals surface area contributed by atoms with E-state index in [1.165, 1.54) is 6.08 Å². The molecule has 1 N–H and O–H groups in total. The molecule has 2 aromatic rings. The van der Waals surface area contributed by atoms with Crippen LogP contribution >= 0.6 is 11.6 Å². The molecule has 0 unspecified atom stereocenters. The van der Waals surface area contributed by atoms with Crippen molar-refractivity contribution in [1.82, 2.24) is 5.32 Å². The Kier molecular flexibility index (Phi) is 7.04. The normalized spacial score (nSPS) is 10.5. The van der Waals surface area contributed by atoms with Crippen LogP contribution in [0.4, 0.5) is 0 Å². The van der Waals surface area contributed by atoms with E-state index < -0.39 is 11.9 Å². The minimum absolute atomic E-state index is 0.276. The fourth-order valence-corrected chi connectivity index (χ4v) is 2.15. The summed E-state index contributed by atoms with van der Waals surface area (Å²) in [5, 5.41) is 3.21. The van der Waals surface area contributed by atoms with Crippen molar-refractivity contribution in [2.45, 2.75) is 6.54 Å². The summed E-state index contributed by atoms with van der Waals surface area (Å²) in [6.45, 7) is -0.0754. The lowest BCUT2D eigenvalue weighted by molar-refractivity contribution is -0.143.